The standard InChI is InChI=1S/C30H25F10NO3/c1-14(2)22-11-23(25(43-4)12-24(22)31)21-6-5-18(28(32,33)34)9-17(21)13-41-15(3)26(44-27(41)42)16-7-19(29(35,36)37)10-20(8-16)30(38,39)40/h5-12,14-15,26H,13H2,1-4H3/t15-,26+/m1/s1. The van der Waals surface area contributed by atoms with Crippen LogP contribution in [0.15, 0.2) is 48.5 Å². The molecule has 1 aliphatic heterocycles. The van der Waals surface area contributed by atoms with Crippen LogP contribution in [0.4, 0.5) is 48.7 Å². The lowest BCUT2D eigenvalue weighted by molar-refractivity contribution is -0.143. The van der Waals surface area contributed by atoms with E-state index in [0.717, 1.165) is 29.2 Å². The van der Waals surface area contributed by atoms with Crippen molar-refractivity contribution in [3.8, 4) is 16.9 Å². The zero-order valence-corrected chi connectivity index (χ0v) is 23.5. The van der Waals surface area contributed by atoms with Crippen LogP contribution < -0.4 is 4.74 Å². The van der Waals surface area contributed by atoms with E-state index in [0.29, 0.717) is 12.1 Å². The molecular weight excluding hydrogens is 612 g/mol. The van der Waals surface area contributed by atoms with E-state index in [1.54, 1.807) is 13.8 Å². The molecule has 3 aromatic carbocycles. The lowest BCUT2D eigenvalue weighted by atomic mass is 9.91. The number of cyclic esters (lactones) is 1. The molecule has 238 valence electrons. The molecule has 0 radical (unpaired) electrons. The number of carbonyl (C=O) groups is 1. The summed E-state index contributed by atoms with van der Waals surface area (Å²) in [4.78, 5) is 13.8. The second-order valence-corrected chi connectivity index (χ2v) is 10.6. The lowest BCUT2D eigenvalue weighted by Gasteiger charge is -2.24. The van der Waals surface area contributed by atoms with Crippen molar-refractivity contribution in [2.24, 2.45) is 0 Å². The molecule has 1 aliphatic rings. The predicted octanol–water partition coefficient (Wildman–Crippen LogP) is 9.76. The van der Waals surface area contributed by atoms with Gasteiger partial charge in [-0.1, -0.05) is 19.9 Å². The summed E-state index contributed by atoms with van der Waals surface area (Å²) in [6, 6.07) is 4.71. The summed E-state index contributed by atoms with van der Waals surface area (Å²) >= 11 is 0. The molecule has 0 saturated carbocycles. The Morgan fingerprint density at radius 2 is 1.39 bits per heavy atom. The summed E-state index contributed by atoms with van der Waals surface area (Å²) in [5, 5.41) is 0. The zero-order chi connectivity index (χ0) is 32.9. The third-order valence-electron chi connectivity index (χ3n) is 7.33. The van der Waals surface area contributed by atoms with Crippen molar-refractivity contribution >= 4 is 6.09 Å². The van der Waals surface area contributed by atoms with Gasteiger partial charge in [-0.2, -0.15) is 39.5 Å². The fourth-order valence-corrected chi connectivity index (χ4v) is 5.04. The molecule has 4 rings (SSSR count). The van der Waals surface area contributed by atoms with E-state index in [1.807, 2.05) is 0 Å². The Balaban J connectivity index is 1.81. The largest absolute Gasteiger partial charge is 0.496 e. The van der Waals surface area contributed by atoms with Crippen molar-refractivity contribution in [1.29, 1.82) is 0 Å². The maximum absolute atomic E-state index is 14.7. The third kappa shape index (κ3) is 6.58. The minimum absolute atomic E-state index is 0.0218. The number of alkyl halides is 9. The Hall–Kier alpha value is -3.97. The molecule has 0 unspecified atom stereocenters. The fraction of sp³-hybridized carbons (Fsp3) is 0.367. The van der Waals surface area contributed by atoms with Crippen molar-refractivity contribution < 1.29 is 58.2 Å². The van der Waals surface area contributed by atoms with Gasteiger partial charge in [0.25, 0.3) is 0 Å². The lowest BCUT2D eigenvalue weighted by Crippen LogP contribution is -2.32. The Bertz CT molecular complexity index is 1530. The highest BCUT2D eigenvalue weighted by atomic mass is 19.4. The number of ether oxygens (including phenoxy) is 2. The first-order chi connectivity index (χ1) is 20.2. The van der Waals surface area contributed by atoms with E-state index < -0.39 is 71.4 Å². The van der Waals surface area contributed by atoms with Gasteiger partial charge >= 0.3 is 24.6 Å². The zero-order valence-electron chi connectivity index (χ0n) is 23.5. The minimum atomic E-state index is -5.16. The molecule has 44 heavy (non-hydrogen) atoms. The van der Waals surface area contributed by atoms with Gasteiger partial charge in [0.2, 0.25) is 0 Å². The van der Waals surface area contributed by atoms with Crippen LogP contribution in [0, 0.1) is 5.82 Å². The van der Waals surface area contributed by atoms with Crippen LogP contribution in [0.5, 0.6) is 5.75 Å². The van der Waals surface area contributed by atoms with Crippen molar-refractivity contribution in [2.75, 3.05) is 7.11 Å². The predicted molar refractivity (Wildman–Crippen MR) is 138 cm³/mol. The van der Waals surface area contributed by atoms with E-state index in [2.05, 4.69) is 0 Å². The molecular formula is C30H25F10NO3. The second-order valence-electron chi connectivity index (χ2n) is 10.6. The van der Waals surface area contributed by atoms with Crippen LogP contribution in [-0.2, 0) is 29.8 Å². The average Bonchev–Trinajstić information content (AvgIpc) is 3.19. The summed E-state index contributed by atoms with van der Waals surface area (Å²) in [6.07, 6.45) is -17.9. The van der Waals surface area contributed by atoms with Crippen molar-refractivity contribution in [3.05, 3.63) is 87.7 Å². The van der Waals surface area contributed by atoms with Crippen LogP contribution in [0.2, 0.25) is 0 Å². The highest BCUT2D eigenvalue weighted by molar-refractivity contribution is 5.76. The van der Waals surface area contributed by atoms with Gasteiger partial charge in [-0.3, -0.25) is 4.90 Å². The van der Waals surface area contributed by atoms with Gasteiger partial charge in [-0.25, -0.2) is 9.18 Å². The topological polar surface area (TPSA) is 38.8 Å². The molecule has 4 nitrogen and oxygen atoms in total. The van der Waals surface area contributed by atoms with E-state index in [9.17, 15) is 48.7 Å². The Labute approximate surface area is 245 Å². The first-order valence-electron chi connectivity index (χ1n) is 13.1. The van der Waals surface area contributed by atoms with Crippen LogP contribution in [0.25, 0.3) is 11.1 Å². The van der Waals surface area contributed by atoms with Crippen molar-refractivity contribution in [3.63, 3.8) is 0 Å². The molecule has 2 atom stereocenters. The summed E-state index contributed by atoms with van der Waals surface area (Å²) in [5.41, 5.74) is -4.48. The number of hydrogen-bond acceptors (Lipinski definition) is 3. The first kappa shape index (κ1) is 32.9. The minimum Gasteiger partial charge on any atom is -0.496 e. The van der Waals surface area contributed by atoms with Gasteiger partial charge in [0.05, 0.1) is 36.4 Å². The Kier molecular flexibility index (Phi) is 8.62. The number of methoxy groups -OCH3 is 1. The molecule has 0 bridgehead atoms. The van der Waals surface area contributed by atoms with E-state index in [1.165, 1.54) is 20.1 Å². The second kappa shape index (κ2) is 11.5. The molecule has 0 N–H and O–H groups in total. The fourth-order valence-electron chi connectivity index (χ4n) is 5.04. The summed E-state index contributed by atoms with van der Waals surface area (Å²) < 4.78 is 147. The van der Waals surface area contributed by atoms with Gasteiger partial charge in [0.15, 0.2) is 0 Å². The van der Waals surface area contributed by atoms with Crippen LogP contribution in [-0.4, -0.2) is 24.1 Å². The summed E-state index contributed by atoms with van der Waals surface area (Å²) in [7, 11) is 1.23. The van der Waals surface area contributed by atoms with Crippen LogP contribution >= 0.6 is 0 Å². The molecule has 3 aromatic rings. The smallest absolute Gasteiger partial charge is 0.416 e. The monoisotopic (exact) mass is 637 g/mol. The van der Waals surface area contributed by atoms with E-state index >= 15 is 0 Å². The number of halogens is 10. The number of nitrogens with zero attached hydrogens (tertiary/aromatic N) is 1. The number of carbonyl (C=O) groups excluding carboxylic acids is 1. The van der Waals surface area contributed by atoms with Gasteiger partial charge < -0.3 is 9.47 Å². The average molecular weight is 638 g/mol. The normalized spacial score (nSPS) is 17.8. The van der Waals surface area contributed by atoms with E-state index in [-0.39, 0.29) is 40.0 Å². The highest BCUT2D eigenvalue weighted by Crippen LogP contribution is 2.43. The molecule has 1 saturated heterocycles. The summed E-state index contributed by atoms with van der Waals surface area (Å²) in [6.45, 7) is 4.09. The third-order valence-corrected chi connectivity index (χ3v) is 7.33. The Morgan fingerprint density at radius 1 is 0.818 bits per heavy atom. The van der Waals surface area contributed by atoms with Crippen molar-refractivity contribution in [2.45, 2.75) is 63.9 Å². The van der Waals surface area contributed by atoms with Gasteiger partial charge in [-0.15, -0.1) is 0 Å². The maximum Gasteiger partial charge on any atom is 0.416 e. The molecule has 1 fully saturated rings. The quantitative estimate of drug-likeness (QED) is 0.253. The van der Waals surface area contributed by atoms with Crippen molar-refractivity contribution in [1.82, 2.24) is 4.90 Å². The SMILES string of the molecule is COc1cc(F)c(C(C)C)cc1-c1ccc(C(F)(F)F)cc1CN1C(=O)O[C@H](c2cc(C(F)(F)F)cc(C(F)(F)F)c2)[C@H]1C. The Morgan fingerprint density at radius 3 is 1.89 bits per heavy atom. The number of hydrogen-bond donors (Lipinski definition) is 0. The number of rotatable bonds is 6. The molecule has 0 spiro atoms. The number of benzene rings is 3. The first-order valence-corrected chi connectivity index (χ1v) is 13.1. The van der Waals surface area contributed by atoms with Crippen LogP contribution in [0.3, 0.4) is 0 Å². The van der Waals surface area contributed by atoms with Gasteiger partial charge in [0, 0.05) is 11.6 Å². The van der Waals surface area contributed by atoms with Gasteiger partial charge in [-0.05, 0) is 71.5 Å². The number of amides is 1. The van der Waals surface area contributed by atoms with Crippen LogP contribution in [0.1, 0.15) is 66.2 Å². The molecule has 14 heteroatoms. The summed E-state index contributed by atoms with van der Waals surface area (Å²) in [5.74, 6) is -0.972. The highest BCUT2D eigenvalue weighted by Gasteiger charge is 2.44. The van der Waals surface area contributed by atoms with E-state index in [4.69, 9.17) is 9.47 Å². The van der Waals surface area contributed by atoms with Gasteiger partial charge in [0.1, 0.15) is 17.7 Å². The molecule has 1 amide bonds. The molecule has 0 aromatic heterocycles. The molecule has 0 aliphatic carbocycles. The molecule has 1 heterocycles. The maximum atomic E-state index is 14.7.